The van der Waals surface area contributed by atoms with Crippen molar-refractivity contribution in [3.8, 4) is 0 Å². The summed E-state index contributed by atoms with van der Waals surface area (Å²) in [7, 11) is 0. The normalized spacial score (nSPS) is 19.1. The largest absolute Gasteiger partial charge is 0.311 e. The van der Waals surface area contributed by atoms with Gasteiger partial charge in [0, 0.05) is 17.1 Å². The summed E-state index contributed by atoms with van der Waals surface area (Å²) in [5.74, 6) is 0.0902. The first-order valence-corrected chi connectivity index (χ1v) is 5.91. The number of benzene rings is 1. The third-order valence-electron chi connectivity index (χ3n) is 2.85. The molecular weight excluding hydrogens is 224 g/mol. The van der Waals surface area contributed by atoms with Crippen molar-refractivity contribution in [1.29, 1.82) is 0 Å². The van der Waals surface area contributed by atoms with Gasteiger partial charge in [-0.3, -0.25) is 4.79 Å². The maximum Gasteiger partial charge on any atom is 0.248 e. The third-order valence-corrected chi connectivity index (χ3v) is 3.18. The molecule has 4 heteroatoms. The van der Waals surface area contributed by atoms with E-state index in [1.54, 1.807) is 4.90 Å². The summed E-state index contributed by atoms with van der Waals surface area (Å²) < 4.78 is 0. The second-order valence-electron chi connectivity index (χ2n) is 3.75. The molecule has 1 aliphatic heterocycles. The van der Waals surface area contributed by atoms with Gasteiger partial charge in [-0.1, -0.05) is 24.6 Å². The number of fused-ring (bicyclic) bond motifs is 1. The summed E-state index contributed by atoms with van der Waals surface area (Å²) in [6.45, 7) is 5.38. The molecule has 3 nitrogen and oxygen atoms in total. The molecule has 1 aromatic rings. The molecule has 0 bridgehead atoms. The maximum atomic E-state index is 12.1. The van der Waals surface area contributed by atoms with Gasteiger partial charge in [0.05, 0.1) is 5.69 Å². The molecule has 1 N–H and O–H groups in total. The molecular formula is C12H15ClN2O. The zero-order valence-electron chi connectivity index (χ0n) is 9.46. The Morgan fingerprint density at radius 3 is 2.81 bits per heavy atom. The van der Waals surface area contributed by atoms with Crippen molar-refractivity contribution >= 4 is 23.2 Å². The average Bonchev–Trinajstić information content (AvgIpc) is 2.54. The van der Waals surface area contributed by atoms with Gasteiger partial charge in [0.2, 0.25) is 5.91 Å². The molecule has 86 valence electrons. The summed E-state index contributed by atoms with van der Waals surface area (Å²) in [6, 6.07) is 5.37. The molecule has 0 fully saturated rings. The molecule has 1 aromatic carbocycles. The summed E-state index contributed by atoms with van der Waals surface area (Å²) in [5, 5.41) is 3.84. The van der Waals surface area contributed by atoms with Crippen molar-refractivity contribution in [1.82, 2.24) is 5.32 Å². The van der Waals surface area contributed by atoms with E-state index >= 15 is 0 Å². The second kappa shape index (κ2) is 4.44. The van der Waals surface area contributed by atoms with Gasteiger partial charge in [0.1, 0.15) is 6.04 Å². The number of amides is 1. The van der Waals surface area contributed by atoms with Crippen molar-refractivity contribution in [2.24, 2.45) is 0 Å². The van der Waals surface area contributed by atoms with Gasteiger partial charge in [0.15, 0.2) is 0 Å². The minimum absolute atomic E-state index is 0.0902. The predicted molar refractivity (Wildman–Crippen MR) is 65.9 cm³/mol. The minimum Gasteiger partial charge on any atom is -0.311 e. The zero-order valence-corrected chi connectivity index (χ0v) is 10.2. The molecule has 0 aromatic heterocycles. The monoisotopic (exact) mass is 238 g/mol. The van der Waals surface area contributed by atoms with E-state index in [0.717, 1.165) is 17.8 Å². The highest BCUT2D eigenvalue weighted by Crippen LogP contribution is 2.39. The van der Waals surface area contributed by atoms with Gasteiger partial charge < -0.3 is 10.2 Å². The van der Waals surface area contributed by atoms with Crippen LogP contribution in [0.5, 0.6) is 0 Å². The minimum atomic E-state index is -0.284. The van der Waals surface area contributed by atoms with Crippen LogP contribution in [0.3, 0.4) is 0 Å². The number of likely N-dealkylation sites (N-methyl/N-ethyl adjacent to an activating group) is 2. The second-order valence-corrected chi connectivity index (χ2v) is 4.15. The first-order chi connectivity index (χ1) is 7.70. The molecule has 0 saturated heterocycles. The average molecular weight is 239 g/mol. The van der Waals surface area contributed by atoms with Crippen LogP contribution >= 0.6 is 11.6 Å². The summed E-state index contributed by atoms with van der Waals surface area (Å²) >= 11 is 6.17. The van der Waals surface area contributed by atoms with Crippen LogP contribution in [-0.2, 0) is 4.79 Å². The van der Waals surface area contributed by atoms with Crippen molar-refractivity contribution < 1.29 is 4.79 Å². The van der Waals surface area contributed by atoms with Gasteiger partial charge >= 0.3 is 0 Å². The van der Waals surface area contributed by atoms with Crippen LogP contribution in [0.2, 0.25) is 5.02 Å². The van der Waals surface area contributed by atoms with Gasteiger partial charge in [-0.2, -0.15) is 0 Å². The van der Waals surface area contributed by atoms with Crippen LogP contribution in [-0.4, -0.2) is 19.0 Å². The number of carbonyl (C=O) groups excluding carboxylic acids is 1. The smallest absolute Gasteiger partial charge is 0.248 e. The molecule has 1 aliphatic rings. The number of rotatable bonds is 3. The first kappa shape index (κ1) is 11.4. The molecule has 0 radical (unpaired) electrons. The van der Waals surface area contributed by atoms with Gasteiger partial charge in [-0.25, -0.2) is 0 Å². The maximum absolute atomic E-state index is 12.1. The molecule has 1 unspecified atom stereocenters. The zero-order chi connectivity index (χ0) is 11.7. The quantitative estimate of drug-likeness (QED) is 0.877. The Bertz CT molecular complexity index is 419. The topological polar surface area (TPSA) is 32.3 Å². The number of nitrogens with zero attached hydrogens (tertiary/aromatic N) is 1. The van der Waals surface area contributed by atoms with Crippen LogP contribution in [0.15, 0.2) is 18.2 Å². The van der Waals surface area contributed by atoms with E-state index in [4.69, 9.17) is 11.6 Å². The highest BCUT2D eigenvalue weighted by Gasteiger charge is 2.37. The lowest BCUT2D eigenvalue weighted by Gasteiger charge is -2.15. The number of hydrogen-bond acceptors (Lipinski definition) is 2. The third kappa shape index (κ3) is 1.60. The Labute approximate surface area is 100 Å². The van der Waals surface area contributed by atoms with Gasteiger partial charge in [-0.05, 0) is 25.6 Å². The fraction of sp³-hybridized carbons (Fsp3) is 0.417. The van der Waals surface area contributed by atoms with E-state index in [9.17, 15) is 4.79 Å². The first-order valence-electron chi connectivity index (χ1n) is 5.53. The molecule has 1 atom stereocenters. The Morgan fingerprint density at radius 2 is 2.19 bits per heavy atom. The lowest BCUT2D eigenvalue weighted by atomic mass is 10.1. The van der Waals surface area contributed by atoms with E-state index in [2.05, 4.69) is 5.32 Å². The van der Waals surface area contributed by atoms with E-state index < -0.39 is 0 Å². The number of hydrogen-bond donors (Lipinski definition) is 1. The highest BCUT2D eigenvalue weighted by molar-refractivity contribution is 6.32. The van der Waals surface area contributed by atoms with Gasteiger partial charge in [-0.15, -0.1) is 0 Å². The Hall–Kier alpha value is -1.06. The van der Waals surface area contributed by atoms with Crippen LogP contribution in [0.4, 0.5) is 5.69 Å². The molecule has 16 heavy (non-hydrogen) atoms. The summed E-state index contributed by atoms with van der Waals surface area (Å²) in [6.07, 6.45) is 0. The van der Waals surface area contributed by atoms with Crippen molar-refractivity contribution in [3.05, 3.63) is 28.8 Å². The van der Waals surface area contributed by atoms with Crippen molar-refractivity contribution in [3.63, 3.8) is 0 Å². The lowest BCUT2D eigenvalue weighted by Crippen LogP contribution is -2.34. The Kier molecular flexibility index (Phi) is 3.17. The molecule has 1 amide bonds. The number of halogens is 1. The van der Waals surface area contributed by atoms with E-state index in [1.807, 2.05) is 32.0 Å². The van der Waals surface area contributed by atoms with Crippen molar-refractivity contribution in [2.75, 3.05) is 18.0 Å². The van der Waals surface area contributed by atoms with Crippen LogP contribution in [0.25, 0.3) is 0 Å². The standard InChI is InChI=1S/C12H15ClN2O/c1-3-14-11-10-8(13)6-5-7-9(10)15(4-2)12(11)16/h5-7,11,14H,3-4H2,1-2H3. The lowest BCUT2D eigenvalue weighted by molar-refractivity contribution is -0.119. The molecule has 2 rings (SSSR count). The highest BCUT2D eigenvalue weighted by atomic mass is 35.5. The van der Waals surface area contributed by atoms with Crippen LogP contribution in [0, 0.1) is 0 Å². The number of carbonyl (C=O) groups is 1. The van der Waals surface area contributed by atoms with Gasteiger partial charge in [0.25, 0.3) is 0 Å². The fourth-order valence-corrected chi connectivity index (χ4v) is 2.44. The summed E-state index contributed by atoms with van der Waals surface area (Å²) in [5.41, 5.74) is 1.85. The van der Waals surface area contributed by atoms with E-state index in [-0.39, 0.29) is 11.9 Å². The summed E-state index contributed by atoms with van der Waals surface area (Å²) in [4.78, 5) is 13.9. The molecule has 1 heterocycles. The molecule has 0 spiro atoms. The van der Waals surface area contributed by atoms with Crippen LogP contribution < -0.4 is 10.2 Å². The SMILES string of the molecule is CCNC1C(=O)N(CC)c2cccc(Cl)c21. The van der Waals surface area contributed by atoms with Crippen LogP contribution in [0.1, 0.15) is 25.5 Å². The van der Waals surface area contributed by atoms with Crippen molar-refractivity contribution in [2.45, 2.75) is 19.9 Å². The Balaban J connectivity index is 2.51. The van der Waals surface area contributed by atoms with E-state index in [1.165, 1.54) is 0 Å². The fourth-order valence-electron chi connectivity index (χ4n) is 2.16. The predicted octanol–water partition coefficient (Wildman–Crippen LogP) is 2.36. The Morgan fingerprint density at radius 1 is 1.44 bits per heavy atom. The number of anilines is 1. The molecule has 0 aliphatic carbocycles. The van der Waals surface area contributed by atoms with E-state index in [0.29, 0.717) is 11.6 Å². The number of nitrogens with one attached hydrogen (secondary N) is 1. The molecule has 0 saturated carbocycles.